The highest BCUT2D eigenvalue weighted by atomic mass is 16.2. The third-order valence-electron chi connectivity index (χ3n) is 15.3. The van der Waals surface area contributed by atoms with Crippen LogP contribution in [-0.2, 0) is 46.4 Å². The van der Waals surface area contributed by atoms with E-state index in [0.717, 1.165) is 52.2 Å². The monoisotopic (exact) mass is 932 g/mol. The molecule has 0 bridgehead atoms. The molecule has 5 fully saturated rings. The summed E-state index contributed by atoms with van der Waals surface area (Å²) in [4.78, 5) is 113. The van der Waals surface area contributed by atoms with Crippen LogP contribution in [0.4, 0.5) is 0 Å². The van der Waals surface area contributed by atoms with Crippen molar-refractivity contribution in [3.63, 3.8) is 0 Å². The van der Waals surface area contributed by atoms with Crippen molar-refractivity contribution in [2.75, 3.05) is 19.6 Å². The van der Waals surface area contributed by atoms with E-state index in [1.165, 1.54) is 4.90 Å². The van der Waals surface area contributed by atoms with Crippen LogP contribution in [0.25, 0.3) is 21.8 Å². The minimum absolute atomic E-state index is 0.0280. The summed E-state index contributed by atoms with van der Waals surface area (Å²) in [6.07, 6.45) is 10.5. The average Bonchev–Trinajstić information content (AvgIpc) is 4.21. The van der Waals surface area contributed by atoms with Crippen LogP contribution >= 0.6 is 0 Å². The van der Waals surface area contributed by atoms with Crippen LogP contribution in [-0.4, -0.2) is 129 Å². The maximum atomic E-state index is 15.2. The number of H-pyrrole nitrogens is 2. The minimum atomic E-state index is -1.43. The zero-order chi connectivity index (χ0) is 47.5. The van der Waals surface area contributed by atoms with E-state index in [4.69, 9.17) is 11.5 Å². The first-order valence-electron chi connectivity index (χ1n) is 24.6. The number of para-hydroxylation sites is 2. The molecule has 5 aliphatic rings. The van der Waals surface area contributed by atoms with Crippen LogP contribution in [0.3, 0.4) is 0 Å². The summed E-state index contributed by atoms with van der Waals surface area (Å²) < 4.78 is 0. The van der Waals surface area contributed by atoms with Crippen LogP contribution in [0.2, 0.25) is 0 Å². The van der Waals surface area contributed by atoms with Crippen molar-refractivity contribution in [1.82, 2.24) is 46.4 Å². The Morgan fingerprint density at radius 2 is 1.35 bits per heavy atom. The van der Waals surface area contributed by atoms with Gasteiger partial charge in [0, 0.05) is 66.2 Å². The number of nitrogens with zero attached hydrogens (tertiary/aromatic N) is 2. The Morgan fingerprint density at radius 3 is 2.03 bits per heavy atom. The van der Waals surface area contributed by atoms with E-state index in [2.05, 4.69) is 36.6 Å². The smallest absolute Gasteiger partial charge is 0.246 e. The lowest BCUT2D eigenvalue weighted by Gasteiger charge is -2.38. The molecule has 11 N–H and O–H groups in total. The highest BCUT2D eigenvalue weighted by Gasteiger charge is 2.52. The number of hydrogen-bond donors (Lipinski definition) is 9. The minimum Gasteiger partial charge on any atom is -0.361 e. The van der Waals surface area contributed by atoms with E-state index in [-0.39, 0.29) is 76.0 Å². The highest BCUT2D eigenvalue weighted by molar-refractivity contribution is 6.01. The van der Waals surface area contributed by atoms with E-state index in [1.807, 2.05) is 54.7 Å². The molecule has 0 unspecified atom stereocenters. The first-order chi connectivity index (χ1) is 32.9. The predicted molar refractivity (Wildman–Crippen MR) is 254 cm³/mol. The Hall–Kier alpha value is -6.27. The molecule has 18 nitrogen and oxygen atoms in total. The molecule has 4 aromatic rings. The van der Waals surface area contributed by atoms with Gasteiger partial charge in [0.1, 0.15) is 35.7 Å². The molecule has 8 atom stereocenters. The van der Waals surface area contributed by atoms with Gasteiger partial charge in [-0.3, -0.25) is 33.6 Å². The number of nitrogens with two attached hydrogens (primary N) is 2. The summed E-state index contributed by atoms with van der Waals surface area (Å²) in [6, 6.07) is 8.79. The van der Waals surface area contributed by atoms with E-state index in [9.17, 15) is 24.0 Å². The fraction of sp³-hybridized carbons (Fsp3) is 0.540. The molecule has 7 amide bonds. The van der Waals surface area contributed by atoms with Gasteiger partial charge < -0.3 is 57.8 Å². The zero-order valence-corrected chi connectivity index (χ0v) is 38.5. The van der Waals surface area contributed by atoms with Gasteiger partial charge >= 0.3 is 0 Å². The second-order valence-electron chi connectivity index (χ2n) is 19.6. The molecule has 0 radical (unpaired) electrons. The second-order valence-corrected chi connectivity index (χ2v) is 19.6. The first kappa shape index (κ1) is 46.8. The van der Waals surface area contributed by atoms with Gasteiger partial charge in [-0.2, -0.15) is 0 Å². The Bertz CT molecular complexity index is 2550. The summed E-state index contributed by atoms with van der Waals surface area (Å²) in [5.41, 5.74) is 13.5. The number of fused-ring (bicyclic) bond motifs is 6. The molecule has 68 heavy (non-hydrogen) atoms. The van der Waals surface area contributed by atoms with Gasteiger partial charge in [0.2, 0.25) is 41.4 Å². The van der Waals surface area contributed by atoms with Crippen LogP contribution in [0, 0.1) is 5.92 Å². The Balaban J connectivity index is 1.10. The molecule has 2 aliphatic carbocycles. The van der Waals surface area contributed by atoms with Gasteiger partial charge in [0.05, 0.1) is 6.04 Å². The van der Waals surface area contributed by atoms with Crippen molar-refractivity contribution in [2.24, 2.45) is 17.4 Å². The Morgan fingerprint density at radius 1 is 0.721 bits per heavy atom. The number of aromatic nitrogens is 2. The Kier molecular flexibility index (Phi) is 13.9. The summed E-state index contributed by atoms with van der Waals surface area (Å²) in [5.74, 6) is -3.44. The van der Waals surface area contributed by atoms with Crippen LogP contribution in [0.15, 0.2) is 60.9 Å². The van der Waals surface area contributed by atoms with Crippen LogP contribution < -0.4 is 38.1 Å². The maximum Gasteiger partial charge on any atom is 0.246 e. The van der Waals surface area contributed by atoms with Crippen molar-refractivity contribution < 1.29 is 33.6 Å². The number of carbonyl (C=O) groups is 7. The van der Waals surface area contributed by atoms with Crippen molar-refractivity contribution in [2.45, 2.75) is 144 Å². The van der Waals surface area contributed by atoms with Gasteiger partial charge in [-0.25, -0.2) is 0 Å². The fourth-order valence-corrected chi connectivity index (χ4v) is 11.7. The quantitative estimate of drug-likeness (QED) is 0.112. The zero-order valence-electron chi connectivity index (χ0n) is 38.5. The van der Waals surface area contributed by atoms with E-state index in [0.29, 0.717) is 38.5 Å². The number of hydrogen-bond acceptors (Lipinski definition) is 9. The van der Waals surface area contributed by atoms with Crippen LogP contribution in [0.5, 0.6) is 0 Å². The largest absolute Gasteiger partial charge is 0.361 e. The van der Waals surface area contributed by atoms with Gasteiger partial charge in [-0.05, 0) is 93.5 Å². The molecule has 362 valence electrons. The number of nitrogens with one attached hydrogen (secondary N) is 7. The molecule has 1 spiro atoms. The third-order valence-corrected chi connectivity index (χ3v) is 15.3. The molecule has 9 rings (SSSR count). The topological polar surface area (TPSA) is 270 Å². The lowest BCUT2D eigenvalue weighted by molar-refractivity contribution is -0.150. The Labute approximate surface area is 395 Å². The summed E-state index contributed by atoms with van der Waals surface area (Å²) in [6.45, 7) is 0.406. The van der Waals surface area contributed by atoms with E-state index in [1.54, 1.807) is 11.1 Å². The molecule has 5 heterocycles. The lowest BCUT2D eigenvalue weighted by Crippen LogP contribution is -2.65. The fourth-order valence-electron chi connectivity index (χ4n) is 11.7. The number of carbonyl (C=O) groups excluding carboxylic acids is 7. The number of aromatic amines is 2. The predicted octanol–water partition coefficient (Wildman–Crippen LogP) is 1.66. The number of amides is 7. The number of rotatable bonds is 10. The molecule has 2 saturated carbocycles. The molecular weight excluding hydrogens is 867 g/mol. The highest BCUT2D eigenvalue weighted by Crippen LogP contribution is 2.41. The maximum absolute atomic E-state index is 15.2. The van der Waals surface area contributed by atoms with Crippen molar-refractivity contribution >= 4 is 63.2 Å². The molecule has 2 aromatic heterocycles. The molecular formula is C50H65N11O7. The summed E-state index contributed by atoms with van der Waals surface area (Å²) in [5, 5.41) is 16.7. The number of benzene rings is 2. The standard InChI is InChI=1S/C50H65N11O7/c51-21-17-34(52)43(62)53-22-18-37-47(66)60-23-9-16-41(60)48(67)61-40-15-6-1-10-29(40)26-42(61)46(65)57-39(25-31-28-55-36-14-5-3-12-33(31)36)45(64)59-50(19-7-8-20-50)49(68)58-38(44(63)56-37)24-30-27-54-35-13-4-2-11-32(30)35/h2-5,11-14,27-29,34,37-42,54-55H,1,6-10,15-26,51-52H2,(H,53,62)(H,56,63)(H,57,65)(H,58,68)(H,59,64)/t29-,34-,37-,38-,39-,40-,41+,42-/m0/s1. The molecule has 2 aromatic carbocycles. The molecule has 3 saturated heterocycles. The molecule has 3 aliphatic heterocycles. The summed E-state index contributed by atoms with van der Waals surface area (Å²) in [7, 11) is 0. The van der Waals surface area contributed by atoms with E-state index >= 15 is 9.59 Å². The van der Waals surface area contributed by atoms with Crippen molar-refractivity contribution in [1.29, 1.82) is 0 Å². The normalized spacial score (nSPS) is 27.5. The van der Waals surface area contributed by atoms with Gasteiger partial charge in [-0.1, -0.05) is 62.1 Å². The first-order valence-corrected chi connectivity index (χ1v) is 24.6. The second kappa shape index (κ2) is 20.1. The van der Waals surface area contributed by atoms with Crippen LogP contribution in [0.1, 0.15) is 94.6 Å². The van der Waals surface area contributed by atoms with Gasteiger partial charge in [0.25, 0.3) is 0 Å². The lowest BCUT2D eigenvalue weighted by atomic mass is 9.84. The van der Waals surface area contributed by atoms with Crippen molar-refractivity contribution in [3.05, 3.63) is 72.1 Å². The third kappa shape index (κ3) is 9.44. The molecule has 18 heteroatoms. The average molecular weight is 932 g/mol. The van der Waals surface area contributed by atoms with Gasteiger partial charge in [0.15, 0.2) is 0 Å². The SMILES string of the molecule is NCC[C@H](N)C(=O)NCC[C@@H]1NC(=O)[C@H](Cc2c[nH]c3ccccc23)NC(=O)C2(CCCC2)NC(=O)[C@H](Cc2c[nH]c3ccccc23)NC(=O)[C@@H]2C[C@@H]3CCCC[C@@H]3N2C(=O)[C@H]2CCCN2C1=O. The van der Waals surface area contributed by atoms with Gasteiger partial charge in [-0.15, -0.1) is 0 Å². The summed E-state index contributed by atoms with van der Waals surface area (Å²) >= 11 is 0. The van der Waals surface area contributed by atoms with E-state index < -0.39 is 77.2 Å². The van der Waals surface area contributed by atoms with Crippen molar-refractivity contribution in [3.8, 4) is 0 Å².